The second-order valence-electron chi connectivity index (χ2n) is 6.07. The lowest BCUT2D eigenvalue weighted by molar-refractivity contribution is 0.0828. The molecule has 0 fully saturated rings. The first-order chi connectivity index (χ1) is 13.8. The standard InChI is InChI=1S/C20H23N3O5S/c1-23(2)19(25)13-8-6-7-9-14(13)21-20(29)22-18(24)12-10-15(26-3)17(28-5)16(11-12)27-4/h6-11H,1-5H3,(H2,21,22,24,29). The van der Waals surface area contributed by atoms with Crippen molar-refractivity contribution in [1.29, 1.82) is 0 Å². The summed E-state index contributed by atoms with van der Waals surface area (Å²) in [5.74, 6) is 0.406. The van der Waals surface area contributed by atoms with Crippen molar-refractivity contribution in [3.8, 4) is 17.2 Å². The Hall–Kier alpha value is -3.33. The second-order valence-corrected chi connectivity index (χ2v) is 6.48. The summed E-state index contributed by atoms with van der Waals surface area (Å²) < 4.78 is 15.8. The van der Waals surface area contributed by atoms with E-state index in [0.717, 1.165) is 0 Å². The van der Waals surface area contributed by atoms with Gasteiger partial charge in [0.15, 0.2) is 16.6 Å². The number of carbonyl (C=O) groups excluding carboxylic acids is 2. The van der Waals surface area contributed by atoms with E-state index in [1.54, 1.807) is 38.4 Å². The van der Waals surface area contributed by atoms with Gasteiger partial charge in [0.1, 0.15) is 0 Å². The van der Waals surface area contributed by atoms with Crippen LogP contribution in [0, 0.1) is 0 Å². The van der Waals surface area contributed by atoms with Gasteiger partial charge in [-0.15, -0.1) is 0 Å². The molecule has 0 aliphatic rings. The van der Waals surface area contributed by atoms with Gasteiger partial charge in [0.05, 0.1) is 32.6 Å². The largest absolute Gasteiger partial charge is 0.493 e. The Morgan fingerprint density at radius 2 is 1.55 bits per heavy atom. The maximum absolute atomic E-state index is 12.6. The maximum Gasteiger partial charge on any atom is 0.257 e. The van der Waals surface area contributed by atoms with Crippen molar-refractivity contribution in [2.75, 3.05) is 40.7 Å². The number of hydrogen-bond donors (Lipinski definition) is 2. The first kappa shape index (κ1) is 22.0. The van der Waals surface area contributed by atoms with Gasteiger partial charge in [0, 0.05) is 19.7 Å². The molecular formula is C20H23N3O5S. The number of para-hydroxylation sites is 1. The fourth-order valence-corrected chi connectivity index (χ4v) is 2.76. The molecule has 9 heteroatoms. The van der Waals surface area contributed by atoms with Gasteiger partial charge in [0.25, 0.3) is 11.8 Å². The summed E-state index contributed by atoms with van der Waals surface area (Å²) in [6.45, 7) is 0. The van der Waals surface area contributed by atoms with E-state index in [0.29, 0.717) is 28.5 Å². The minimum absolute atomic E-state index is 0.0442. The molecule has 8 nitrogen and oxygen atoms in total. The Balaban J connectivity index is 2.21. The fourth-order valence-electron chi connectivity index (χ4n) is 2.56. The molecule has 0 aromatic heterocycles. The van der Waals surface area contributed by atoms with Crippen molar-refractivity contribution in [3.63, 3.8) is 0 Å². The zero-order chi connectivity index (χ0) is 21.6. The molecular weight excluding hydrogens is 394 g/mol. The van der Waals surface area contributed by atoms with Crippen molar-refractivity contribution >= 4 is 34.8 Å². The van der Waals surface area contributed by atoms with Crippen LogP contribution in [0.3, 0.4) is 0 Å². The van der Waals surface area contributed by atoms with Gasteiger partial charge in [-0.25, -0.2) is 0 Å². The topological polar surface area (TPSA) is 89.1 Å². The zero-order valence-corrected chi connectivity index (χ0v) is 17.7. The molecule has 2 amide bonds. The minimum atomic E-state index is -0.474. The predicted molar refractivity (Wildman–Crippen MR) is 114 cm³/mol. The molecule has 2 aromatic rings. The molecule has 29 heavy (non-hydrogen) atoms. The first-order valence-electron chi connectivity index (χ1n) is 8.55. The number of thiocarbonyl (C=S) groups is 1. The number of ether oxygens (including phenoxy) is 3. The Morgan fingerprint density at radius 3 is 2.07 bits per heavy atom. The van der Waals surface area contributed by atoms with Crippen LogP contribution in [0.1, 0.15) is 20.7 Å². The first-order valence-corrected chi connectivity index (χ1v) is 8.96. The van der Waals surface area contributed by atoms with Crippen LogP contribution in [0.2, 0.25) is 0 Å². The summed E-state index contributed by atoms with van der Waals surface area (Å²) >= 11 is 5.24. The third kappa shape index (κ3) is 5.14. The molecule has 2 rings (SSSR count). The Labute approximate surface area is 174 Å². The van der Waals surface area contributed by atoms with Gasteiger partial charge in [-0.2, -0.15) is 0 Å². The summed E-state index contributed by atoms with van der Waals surface area (Å²) in [7, 11) is 7.71. The summed E-state index contributed by atoms with van der Waals surface area (Å²) in [5.41, 5.74) is 1.18. The van der Waals surface area contributed by atoms with E-state index in [-0.39, 0.29) is 16.6 Å². The van der Waals surface area contributed by atoms with Crippen LogP contribution in [0.4, 0.5) is 5.69 Å². The molecule has 154 valence electrons. The van der Waals surface area contributed by atoms with Crippen molar-refractivity contribution in [2.45, 2.75) is 0 Å². The highest BCUT2D eigenvalue weighted by atomic mass is 32.1. The summed E-state index contributed by atoms with van der Waals surface area (Å²) in [5, 5.41) is 5.52. The highest BCUT2D eigenvalue weighted by Crippen LogP contribution is 2.38. The summed E-state index contributed by atoms with van der Waals surface area (Å²) in [6, 6.07) is 9.92. The van der Waals surface area contributed by atoms with E-state index < -0.39 is 5.91 Å². The normalized spacial score (nSPS) is 9.97. The number of nitrogens with zero attached hydrogens (tertiary/aromatic N) is 1. The molecule has 0 aliphatic carbocycles. The lowest BCUT2D eigenvalue weighted by Gasteiger charge is -2.17. The summed E-state index contributed by atoms with van der Waals surface area (Å²) in [6.07, 6.45) is 0. The highest BCUT2D eigenvalue weighted by molar-refractivity contribution is 7.80. The predicted octanol–water partition coefficient (Wildman–Crippen LogP) is 2.54. The number of anilines is 1. The third-order valence-electron chi connectivity index (χ3n) is 3.97. The zero-order valence-electron chi connectivity index (χ0n) is 16.9. The third-order valence-corrected chi connectivity index (χ3v) is 4.17. The number of nitrogens with one attached hydrogen (secondary N) is 2. The molecule has 0 radical (unpaired) electrons. The second kappa shape index (κ2) is 9.74. The van der Waals surface area contributed by atoms with E-state index in [1.807, 2.05) is 0 Å². The van der Waals surface area contributed by atoms with Gasteiger partial charge in [0.2, 0.25) is 5.75 Å². The van der Waals surface area contributed by atoms with E-state index in [9.17, 15) is 9.59 Å². The molecule has 0 saturated carbocycles. The van der Waals surface area contributed by atoms with Gasteiger partial charge in [-0.1, -0.05) is 12.1 Å². The van der Waals surface area contributed by atoms with Gasteiger partial charge in [-0.3, -0.25) is 14.9 Å². The maximum atomic E-state index is 12.6. The molecule has 2 N–H and O–H groups in total. The monoisotopic (exact) mass is 417 g/mol. The number of benzene rings is 2. The molecule has 0 saturated heterocycles. The molecule has 2 aromatic carbocycles. The molecule has 0 spiro atoms. The number of methoxy groups -OCH3 is 3. The van der Waals surface area contributed by atoms with Crippen molar-refractivity contribution in [1.82, 2.24) is 10.2 Å². The SMILES string of the molecule is COc1cc(C(=O)NC(=S)Nc2ccccc2C(=O)N(C)C)cc(OC)c1OC. The Bertz CT molecular complexity index is 905. The molecule has 0 atom stereocenters. The fraction of sp³-hybridized carbons (Fsp3) is 0.250. The highest BCUT2D eigenvalue weighted by Gasteiger charge is 2.18. The van der Waals surface area contributed by atoms with Crippen LogP contribution in [0.5, 0.6) is 17.2 Å². The molecule has 0 bridgehead atoms. The Morgan fingerprint density at radius 1 is 0.966 bits per heavy atom. The van der Waals surface area contributed by atoms with Gasteiger partial charge >= 0.3 is 0 Å². The quantitative estimate of drug-likeness (QED) is 0.698. The minimum Gasteiger partial charge on any atom is -0.493 e. The van der Waals surface area contributed by atoms with Crippen LogP contribution in [-0.4, -0.2) is 57.3 Å². The van der Waals surface area contributed by atoms with E-state index in [4.69, 9.17) is 26.4 Å². The van der Waals surface area contributed by atoms with Crippen LogP contribution >= 0.6 is 12.2 Å². The average molecular weight is 417 g/mol. The van der Waals surface area contributed by atoms with Gasteiger partial charge in [-0.05, 0) is 36.5 Å². The average Bonchev–Trinajstić information content (AvgIpc) is 2.72. The summed E-state index contributed by atoms with van der Waals surface area (Å²) in [4.78, 5) is 26.4. The number of rotatable bonds is 6. The van der Waals surface area contributed by atoms with Crippen molar-refractivity contribution in [3.05, 3.63) is 47.5 Å². The Kier molecular flexibility index (Phi) is 7.38. The molecule has 0 unspecified atom stereocenters. The van der Waals surface area contributed by atoms with E-state index in [1.165, 1.54) is 38.4 Å². The van der Waals surface area contributed by atoms with Crippen LogP contribution < -0.4 is 24.8 Å². The van der Waals surface area contributed by atoms with E-state index >= 15 is 0 Å². The molecule has 0 aliphatic heterocycles. The number of amides is 2. The van der Waals surface area contributed by atoms with Crippen molar-refractivity contribution in [2.24, 2.45) is 0 Å². The lowest BCUT2D eigenvalue weighted by atomic mass is 10.1. The number of carbonyl (C=O) groups is 2. The number of hydrogen-bond acceptors (Lipinski definition) is 6. The van der Waals surface area contributed by atoms with E-state index in [2.05, 4.69) is 10.6 Å². The van der Waals surface area contributed by atoms with Gasteiger partial charge < -0.3 is 24.4 Å². The smallest absolute Gasteiger partial charge is 0.257 e. The van der Waals surface area contributed by atoms with Crippen LogP contribution in [0.25, 0.3) is 0 Å². The van der Waals surface area contributed by atoms with Crippen molar-refractivity contribution < 1.29 is 23.8 Å². The molecule has 0 heterocycles. The van der Waals surface area contributed by atoms with Crippen LogP contribution in [0.15, 0.2) is 36.4 Å². The van der Waals surface area contributed by atoms with Crippen LogP contribution in [-0.2, 0) is 0 Å². The lowest BCUT2D eigenvalue weighted by Crippen LogP contribution is -2.35.